The van der Waals surface area contributed by atoms with E-state index in [0.717, 1.165) is 28.5 Å². The van der Waals surface area contributed by atoms with Crippen LogP contribution in [0, 0.1) is 20.2 Å². The normalized spacial score (nSPS) is 15.8. The first-order valence-corrected chi connectivity index (χ1v) is 9.46. The number of amides is 5. The Balaban J connectivity index is 0.000000202. The van der Waals surface area contributed by atoms with Gasteiger partial charge in [0.15, 0.2) is 11.5 Å². The highest BCUT2D eigenvalue weighted by atomic mass is 16.7. The molecule has 2 aromatic rings. The predicted octanol–water partition coefficient (Wildman–Crippen LogP) is 0.649. The quantitative estimate of drug-likeness (QED) is 0.228. The lowest BCUT2D eigenvalue weighted by Gasteiger charge is -2.09. The number of carbonyl (C=O) groups is 3. The summed E-state index contributed by atoms with van der Waals surface area (Å²) in [6, 6.07) is 3.46. The lowest BCUT2D eigenvalue weighted by atomic mass is 10.5. The molecule has 0 saturated carbocycles. The average Bonchev–Trinajstić information content (AvgIpc) is 3.59. The summed E-state index contributed by atoms with van der Waals surface area (Å²) >= 11 is 0. The van der Waals surface area contributed by atoms with Crippen molar-refractivity contribution in [2.45, 2.75) is 0 Å². The Kier molecular flexibility index (Phi) is 7.44. The highest BCUT2D eigenvalue weighted by molar-refractivity contribution is 6.02. The molecule has 0 spiro atoms. The number of hydrogen-bond acceptors (Lipinski definition) is 12. The number of urea groups is 2. The zero-order valence-electron chi connectivity index (χ0n) is 17.7. The molecule has 0 atom stereocenters. The molecule has 2 N–H and O–H groups in total. The fourth-order valence-electron chi connectivity index (χ4n) is 2.52. The third-order valence-corrected chi connectivity index (χ3v) is 4.15. The first-order valence-electron chi connectivity index (χ1n) is 9.46. The van der Waals surface area contributed by atoms with E-state index in [1.165, 1.54) is 18.2 Å². The molecule has 19 nitrogen and oxygen atoms in total. The second-order valence-corrected chi connectivity index (χ2v) is 6.53. The molecule has 19 heteroatoms. The maximum Gasteiger partial charge on any atom is 0.433 e. The van der Waals surface area contributed by atoms with E-state index in [2.05, 4.69) is 15.2 Å². The number of nitrogens with zero attached hydrogens (tertiary/aromatic N) is 8. The van der Waals surface area contributed by atoms with Crippen LogP contribution >= 0.6 is 0 Å². The first-order chi connectivity index (χ1) is 17.1. The maximum absolute atomic E-state index is 11.5. The predicted molar refractivity (Wildman–Crippen MR) is 114 cm³/mol. The molecule has 0 radical (unpaired) electrons. The number of aliphatic hydroxyl groups is 2. The third-order valence-electron chi connectivity index (χ3n) is 4.15. The number of aliphatic hydroxyl groups excluding tert-OH is 2. The van der Waals surface area contributed by atoms with Gasteiger partial charge in [-0.25, -0.2) is 24.5 Å². The van der Waals surface area contributed by atoms with E-state index in [0.29, 0.717) is 4.90 Å². The van der Waals surface area contributed by atoms with E-state index >= 15 is 0 Å². The van der Waals surface area contributed by atoms with Crippen molar-refractivity contribution in [1.29, 1.82) is 0 Å². The van der Waals surface area contributed by atoms with Gasteiger partial charge in [-0.1, -0.05) is 0 Å². The number of carbonyl (C=O) groups excluding carboxylic acids is 3. The molecule has 5 amide bonds. The molecule has 36 heavy (non-hydrogen) atoms. The Morgan fingerprint density at radius 3 is 1.86 bits per heavy atom. The van der Waals surface area contributed by atoms with Crippen LogP contribution in [-0.4, -0.2) is 91.1 Å². The number of rotatable bonds is 7. The third kappa shape index (κ3) is 5.91. The lowest BCUT2D eigenvalue weighted by molar-refractivity contribution is -0.402. The van der Waals surface area contributed by atoms with Crippen molar-refractivity contribution in [2.75, 3.05) is 19.8 Å². The standard InChI is InChI=1S/C9H8N4O6.C8H6N4O5/c14-5-11-7(15)4-12(9(11)16)10-3-6-1-2-8(19-6)13(17)18;13-6-4-11(8(14)10-6)9-3-5-1-2-7(17-5)12(15)16/h1-3,14H,4-5H2;1-3H,4H2,(H,10,13,14)/b10-3+;9-3+. The number of hydrazone groups is 2. The molecule has 1 fully saturated rings. The number of furan rings is 2. The highest BCUT2D eigenvalue weighted by Crippen LogP contribution is 2.16. The molecule has 2 aliphatic heterocycles. The van der Waals surface area contributed by atoms with Gasteiger partial charge in [-0.15, -0.1) is 0 Å². The number of aliphatic imine (C=N–C) groups is 1. The summed E-state index contributed by atoms with van der Waals surface area (Å²) in [6.45, 7) is -1.16. The van der Waals surface area contributed by atoms with Gasteiger partial charge in [-0.05, 0) is 12.1 Å². The van der Waals surface area contributed by atoms with Crippen molar-refractivity contribution >= 4 is 48.1 Å². The van der Waals surface area contributed by atoms with Gasteiger partial charge in [0.25, 0.3) is 5.91 Å². The minimum absolute atomic E-state index is 0.0643. The van der Waals surface area contributed by atoms with Crippen LogP contribution in [0.4, 0.5) is 21.4 Å². The molecule has 188 valence electrons. The van der Waals surface area contributed by atoms with Crippen molar-refractivity contribution in [3.63, 3.8) is 0 Å². The molecule has 4 rings (SSSR count). The van der Waals surface area contributed by atoms with E-state index in [4.69, 9.17) is 19.0 Å². The van der Waals surface area contributed by atoms with Crippen molar-refractivity contribution in [1.82, 2.24) is 14.9 Å². The van der Waals surface area contributed by atoms with Crippen LogP contribution in [-0.2, 0) is 4.79 Å². The zero-order valence-corrected chi connectivity index (χ0v) is 17.7. The van der Waals surface area contributed by atoms with Gasteiger partial charge in [0.05, 0.1) is 24.6 Å². The van der Waals surface area contributed by atoms with Gasteiger partial charge >= 0.3 is 23.8 Å². The summed E-state index contributed by atoms with van der Waals surface area (Å²) in [5.41, 5.74) is 0. The van der Waals surface area contributed by atoms with Crippen LogP contribution in [0.3, 0.4) is 0 Å². The molecule has 2 aliphatic rings. The highest BCUT2D eigenvalue weighted by Gasteiger charge is 2.35. The number of nitro groups is 2. The topological polar surface area (TPSA) is 251 Å². The van der Waals surface area contributed by atoms with Crippen LogP contribution in [0.1, 0.15) is 11.5 Å². The smallest absolute Gasteiger partial charge is 0.433 e. The van der Waals surface area contributed by atoms with E-state index in [9.17, 15) is 34.6 Å². The largest absolute Gasteiger partial charge is 0.495 e. The van der Waals surface area contributed by atoms with Gasteiger partial charge in [0.1, 0.15) is 29.7 Å². The summed E-state index contributed by atoms with van der Waals surface area (Å²) in [5.74, 6) is -1.61. The number of hydrogen-bond donors (Lipinski definition) is 2. The Bertz CT molecular complexity index is 1290. The van der Waals surface area contributed by atoms with E-state index in [1.807, 2.05) is 0 Å². The zero-order chi connectivity index (χ0) is 26.4. The summed E-state index contributed by atoms with van der Waals surface area (Å²) < 4.78 is 9.57. The summed E-state index contributed by atoms with van der Waals surface area (Å²) in [5, 5.41) is 47.5. The van der Waals surface area contributed by atoms with Crippen LogP contribution in [0.15, 0.2) is 48.3 Å². The van der Waals surface area contributed by atoms with Crippen LogP contribution < -0.4 is 0 Å². The summed E-state index contributed by atoms with van der Waals surface area (Å²) in [6.07, 6.45) is 2.19. The molecule has 1 saturated heterocycles. The van der Waals surface area contributed by atoms with Gasteiger partial charge in [-0.3, -0.25) is 25.0 Å². The molecular weight excluding hydrogens is 492 g/mol. The van der Waals surface area contributed by atoms with Crippen LogP contribution in [0.2, 0.25) is 0 Å². The molecule has 2 aromatic heterocycles. The maximum atomic E-state index is 11.5. The second-order valence-electron chi connectivity index (χ2n) is 6.53. The van der Waals surface area contributed by atoms with Gasteiger partial charge in [0, 0.05) is 0 Å². The van der Waals surface area contributed by atoms with Gasteiger partial charge in [0.2, 0.25) is 5.90 Å². The second kappa shape index (κ2) is 10.6. The van der Waals surface area contributed by atoms with Crippen LogP contribution in [0.25, 0.3) is 0 Å². The van der Waals surface area contributed by atoms with Crippen LogP contribution in [0.5, 0.6) is 0 Å². The van der Waals surface area contributed by atoms with Crippen molar-refractivity contribution in [3.05, 3.63) is 56.0 Å². The molecule has 0 aliphatic carbocycles. The summed E-state index contributed by atoms with van der Waals surface area (Å²) in [7, 11) is 0. The molecule has 0 bridgehead atoms. The Morgan fingerprint density at radius 2 is 1.47 bits per heavy atom. The average molecular weight is 506 g/mol. The van der Waals surface area contributed by atoms with Crippen molar-refractivity contribution in [2.24, 2.45) is 15.2 Å². The van der Waals surface area contributed by atoms with E-state index in [1.54, 1.807) is 0 Å². The SMILES string of the molecule is O=C1CN(/N=C/c2ccc([N+](=O)[O-])o2)C(=O)N1CO.O=C1N=C(O)CN1/N=C/c1ccc([N+](=O)[O-])o1. The van der Waals surface area contributed by atoms with Gasteiger partial charge in [-0.2, -0.15) is 15.2 Å². The summed E-state index contributed by atoms with van der Waals surface area (Å²) in [4.78, 5) is 56.9. The minimum atomic E-state index is -0.773. The fraction of sp³-hybridized carbons (Fsp3) is 0.176. The Morgan fingerprint density at radius 1 is 0.944 bits per heavy atom. The molecule has 0 unspecified atom stereocenters. The van der Waals surface area contributed by atoms with E-state index in [-0.39, 0.29) is 30.5 Å². The molecule has 4 heterocycles. The lowest BCUT2D eigenvalue weighted by Crippen LogP contribution is -2.32. The molecule has 0 aromatic carbocycles. The van der Waals surface area contributed by atoms with Crippen molar-refractivity contribution < 1.29 is 43.3 Å². The molecular formula is C17H14N8O11. The Hall–Kier alpha value is -5.46. The van der Waals surface area contributed by atoms with Gasteiger partial charge < -0.3 is 19.0 Å². The van der Waals surface area contributed by atoms with Crippen molar-refractivity contribution in [3.8, 4) is 0 Å². The minimum Gasteiger partial charge on any atom is -0.495 e. The number of imide groups is 1. The first kappa shape index (κ1) is 25.2. The van der Waals surface area contributed by atoms with E-state index < -0.39 is 46.3 Å². The Labute approximate surface area is 198 Å². The fourth-order valence-corrected chi connectivity index (χ4v) is 2.52. The monoisotopic (exact) mass is 506 g/mol.